The highest BCUT2D eigenvalue weighted by molar-refractivity contribution is 7.16. The van der Waals surface area contributed by atoms with E-state index in [1.807, 2.05) is 6.07 Å². The van der Waals surface area contributed by atoms with Crippen LogP contribution in [0.15, 0.2) is 12.1 Å². The van der Waals surface area contributed by atoms with Crippen LogP contribution < -0.4 is 5.32 Å². The average Bonchev–Trinajstić information content (AvgIpc) is 2.94. The van der Waals surface area contributed by atoms with Crippen molar-refractivity contribution in [2.24, 2.45) is 5.92 Å². The molecule has 1 aliphatic heterocycles. The summed E-state index contributed by atoms with van der Waals surface area (Å²) in [5.41, 5.74) is 0. The Morgan fingerprint density at radius 1 is 1.59 bits per heavy atom. The maximum atomic E-state index is 5.95. The summed E-state index contributed by atoms with van der Waals surface area (Å²) in [5, 5.41) is 3.62. The van der Waals surface area contributed by atoms with Crippen LogP contribution in [0.1, 0.15) is 31.2 Å². The molecule has 2 heterocycles. The van der Waals surface area contributed by atoms with E-state index >= 15 is 0 Å². The van der Waals surface area contributed by atoms with Gasteiger partial charge in [-0.15, -0.1) is 11.3 Å². The van der Waals surface area contributed by atoms with Crippen LogP contribution in [0.4, 0.5) is 0 Å². The van der Waals surface area contributed by atoms with Crippen LogP contribution in [0.5, 0.6) is 0 Å². The molecule has 1 saturated heterocycles. The summed E-state index contributed by atoms with van der Waals surface area (Å²) in [7, 11) is 0. The van der Waals surface area contributed by atoms with Gasteiger partial charge in [0.25, 0.3) is 0 Å². The van der Waals surface area contributed by atoms with Gasteiger partial charge in [0.2, 0.25) is 0 Å². The van der Waals surface area contributed by atoms with Gasteiger partial charge < -0.3 is 10.2 Å². The van der Waals surface area contributed by atoms with E-state index in [1.54, 1.807) is 11.3 Å². The Morgan fingerprint density at radius 2 is 2.41 bits per heavy atom. The lowest BCUT2D eigenvalue weighted by Gasteiger charge is -2.17. The van der Waals surface area contributed by atoms with E-state index in [9.17, 15) is 0 Å². The van der Waals surface area contributed by atoms with Crippen molar-refractivity contribution >= 4 is 22.9 Å². The van der Waals surface area contributed by atoms with Gasteiger partial charge in [-0.3, -0.25) is 0 Å². The number of likely N-dealkylation sites (tertiary alicyclic amines) is 1. The molecule has 1 aromatic heterocycles. The third kappa shape index (κ3) is 3.68. The van der Waals surface area contributed by atoms with Crippen molar-refractivity contribution < 1.29 is 0 Å². The lowest BCUT2D eigenvalue weighted by molar-refractivity contribution is 0.336. The third-order valence-corrected chi connectivity index (χ3v) is 4.96. The Hall–Kier alpha value is -0.0900. The minimum atomic E-state index is 0.420. The second kappa shape index (κ2) is 6.19. The Bertz CT molecular complexity index is 353. The lowest BCUT2D eigenvalue weighted by atomic mass is 10.1. The van der Waals surface area contributed by atoms with Crippen molar-refractivity contribution in [3.05, 3.63) is 21.3 Å². The topological polar surface area (TPSA) is 15.3 Å². The molecule has 17 heavy (non-hydrogen) atoms. The molecule has 96 valence electrons. The van der Waals surface area contributed by atoms with Gasteiger partial charge in [-0.25, -0.2) is 0 Å². The molecule has 0 radical (unpaired) electrons. The van der Waals surface area contributed by atoms with E-state index < -0.39 is 0 Å². The summed E-state index contributed by atoms with van der Waals surface area (Å²) in [4.78, 5) is 3.86. The normalized spacial score (nSPS) is 23.1. The van der Waals surface area contributed by atoms with E-state index in [-0.39, 0.29) is 0 Å². The van der Waals surface area contributed by atoms with Gasteiger partial charge >= 0.3 is 0 Å². The van der Waals surface area contributed by atoms with Gasteiger partial charge in [0.05, 0.1) is 4.34 Å². The summed E-state index contributed by atoms with van der Waals surface area (Å²) >= 11 is 7.63. The van der Waals surface area contributed by atoms with Gasteiger partial charge in [-0.05, 0) is 51.0 Å². The number of halogens is 1. The van der Waals surface area contributed by atoms with Crippen molar-refractivity contribution in [1.82, 2.24) is 10.2 Å². The molecule has 0 bridgehead atoms. The maximum absolute atomic E-state index is 5.95. The molecule has 1 fully saturated rings. The summed E-state index contributed by atoms with van der Waals surface area (Å²) in [6.45, 7) is 9.28. The zero-order valence-corrected chi connectivity index (χ0v) is 12.2. The molecule has 1 N–H and O–H groups in total. The zero-order valence-electron chi connectivity index (χ0n) is 10.6. The Morgan fingerprint density at radius 3 is 3.00 bits per heavy atom. The van der Waals surface area contributed by atoms with Crippen molar-refractivity contribution in [2.75, 3.05) is 26.2 Å². The molecule has 2 nitrogen and oxygen atoms in total. The molecule has 0 saturated carbocycles. The SMILES string of the molecule is CCN1CCC(CNC(C)c2ccc(Cl)s2)C1. The summed E-state index contributed by atoms with van der Waals surface area (Å²) in [6, 6.07) is 4.52. The smallest absolute Gasteiger partial charge is 0.0931 e. The number of hydrogen-bond donors (Lipinski definition) is 1. The van der Waals surface area contributed by atoms with E-state index in [1.165, 1.54) is 30.9 Å². The fraction of sp³-hybridized carbons (Fsp3) is 0.692. The van der Waals surface area contributed by atoms with Gasteiger partial charge in [0, 0.05) is 17.5 Å². The molecule has 0 aromatic carbocycles. The minimum absolute atomic E-state index is 0.420. The highest BCUT2D eigenvalue weighted by atomic mass is 35.5. The van der Waals surface area contributed by atoms with Crippen LogP contribution in [-0.2, 0) is 0 Å². The molecule has 2 atom stereocenters. The average molecular weight is 273 g/mol. The Balaban J connectivity index is 1.75. The molecule has 2 unspecified atom stereocenters. The first kappa shape index (κ1) is 13.3. The number of nitrogens with one attached hydrogen (secondary N) is 1. The summed E-state index contributed by atoms with van der Waals surface area (Å²) < 4.78 is 0.881. The van der Waals surface area contributed by atoms with Gasteiger partial charge in [-0.1, -0.05) is 18.5 Å². The predicted octanol–water partition coefficient (Wildman–Crippen LogP) is 3.39. The summed E-state index contributed by atoms with van der Waals surface area (Å²) in [6.07, 6.45) is 1.33. The largest absolute Gasteiger partial charge is 0.309 e. The second-order valence-corrected chi connectivity index (χ2v) is 6.57. The lowest BCUT2D eigenvalue weighted by Crippen LogP contribution is -2.28. The van der Waals surface area contributed by atoms with E-state index in [4.69, 9.17) is 11.6 Å². The Kier molecular flexibility index (Phi) is 4.86. The first-order chi connectivity index (χ1) is 8.19. The number of rotatable bonds is 5. The quantitative estimate of drug-likeness (QED) is 0.884. The minimum Gasteiger partial charge on any atom is -0.309 e. The Labute approximate surface area is 113 Å². The fourth-order valence-corrected chi connectivity index (χ4v) is 3.46. The molecular formula is C13H21ClN2S. The molecule has 0 aliphatic carbocycles. The summed E-state index contributed by atoms with van der Waals surface area (Å²) in [5.74, 6) is 0.813. The number of thiophene rings is 1. The number of hydrogen-bond acceptors (Lipinski definition) is 3. The molecule has 4 heteroatoms. The highest BCUT2D eigenvalue weighted by Gasteiger charge is 2.21. The van der Waals surface area contributed by atoms with Crippen molar-refractivity contribution in [2.45, 2.75) is 26.3 Å². The van der Waals surface area contributed by atoms with Crippen LogP contribution in [0.25, 0.3) is 0 Å². The number of nitrogens with zero attached hydrogens (tertiary/aromatic N) is 1. The van der Waals surface area contributed by atoms with E-state index in [0.717, 1.165) is 16.8 Å². The van der Waals surface area contributed by atoms with Crippen molar-refractivity contribution in [3.8, 4) is 0 Å². The standard InChI is InChI=1S/C13H21ClN2S/c1-3-16-7-6-11(9-16)8-15-10(2)12-4-5-13(14)17-12/h4-5,10-11,15H,3,6-9H2,1-2H3. The van der Waals surface area contributed by atoms with Crippen molar-refractivity contribution in [1.29, 1.82) is 0 Å². The van der Waals surface area contributed by atoms with E-state index in [0.29, 0.717) is 6.04 Å². The second-order valence-electron chi connectivity index (χ2n) is 4.82. The first-order valence-electron chi connectivity index (χ1n) is 6.40. The predicted molar refractivity (Wildman–Crippen MR) is 76.0 cm³/mol. The zero-order chi connectivity index (χ0) is 12.3. The van der Waals surface area contributed by atoms with Gasteiger partial charge in [0.15, 0.2) is 0 Å². The maximum Gasteiger partial charge on any atom is 0.0931 e. The molecule has 1 aliphatic rings. The first-order valence-corrected chi connectivity index (χ1v) is 7.59. The van der Waals surface area contributed by atoms with E-state index in [2.05, 4.69) is 30.1 Å². The van der Waals surface area contributed by atoms with Gasteiger partial charge in [0.1, 0.15) is 0 Å². The molecule has 1 aromatic rings. The monoisotopic (exact) mass is 272 g/mol. The van der Waals surface area contributed by atoms with Gasteiger partial charge in [-0.2, -0.15) is 0 Å². The molecule has 0 amide bonds. The third-order valence-electron chi connectivity index (χ3n) is 3.55. The van der Waals surface area contributed by atoms with Crippen LogP contribution in [0, 0.1) is 5.92 Å². The van der Waals surface area contributed by atoms with Crippen LogP contribution >= 0.6 is 22.9 Å². The molecular weight excluding hydrogens is 252 g/mol. The fourth-order valence-electron chi connectivity index (χ4n) is 2.37. The molecule has 2 rings (SSSR count). The van der Waals surface area contributed by atoms with Crippen molar-refractivity contribution in [3.63, 3.8) is 0 Å². The van der Waals surface area contributed by atoms with Crippen LogP contribution in [0.3, 0.4) is 0 Å². The van der Waals surface area contributed by atoms with Crippen LogP contribution in [0.2, 0.25) is 4.34 Å². The highest BCUT2D eigenvalue weighted by Crippen LogP contribution is 2.27. The molecule has 0 spiro atoms. The van der Waals surface area contributed by atoms with Crippen LogP contribution in [-0.4, -0.2) is 31.1 Å².